The maximum Gasteiger partial charge on any atom is 0.419 e. The molecule has 0 spiro atoms. The van der Waals surface area contributed by atoms with Crippen LogP contribution in [0.5, 0.6) is 0 Å². The highest BCUT2D eigenvalue weighted by Gasteiger charge is 2.08. The Balaban J connectivity index is 3.04. The molecule has 0 radical (unpaired) electrons. The van der Waals surface area contributed by atoms with Crippen molar-refractivity contribution >= 4 is 6.08 Å². The summed E-state index contributed by atoms with van der Waals surface area (Å²) in [6.07, 6.45) is 0.912. The molecule has 0 aromatic heterocycles. The topological polar surface area (TPSA) is 43.1 Å². The molecule has 1 aromatic carbocycles. The Bertz CT molecular complexity index is 360. The second-order valence-electron chi connectivity index (χ2n) is 2.58. The molecule has 68 valence electrons. The van der Waals surface area contributed by atoms with Crippen molar-refractivity contribution in [1.29, 1.82) is 0 Å². The fraction of sp³-hybridized carbons (Fsp3) is 0.111. The first-order valence-electron chi connectivity index (χ1n) is 3.68. The highest BCUT2D eigenvalue weighted by Crippen LogP contribution is 2.12. The maximum absolute atomic E-state index is 12.6. The standard InChI is InChI=1S/C9H8FNO2/c1-7-4-2-3-5-8(7)6-9(10)11(12)13/h2-6H,1H3/b9-6+. The van der Waals surface area contributed by atoms with Gasteiger partial charge in [0.05, 0.1) is 11.0 Å². The van der Waals surface area contributed by atoms with Gasteiger partial charge in [-0.15, -0.1) is 4.39 Å². The molecule has 3 nitrogen and oxygen atoms in total. The van der Waals surface area contributed by atoms with E-state index >= 15 is 0 Å². The van der Waals surface area contributed by atoms with Crippen LogP contribution in [0.4, 0.5) is 4.39 Å². The lowest BCUT2D eigenvalue weighted by atomic mass is 10.1. The largest absolute Gasteiger partial charge is 0.419 e. The first kappa shape index (κ1) is 9.38. The molecular formula is C9H8FNO2. The predicted octanol–water partition coefficient (Wildman–Crippen LogP) is 2.54. The molecule has 0 amide bonds. The molecule has 0 N–H and O–H groups in total. The van der Waals surface area contributed by atoms with Crippen molar-refractivity contribution in [3.05, 3.63) is 51.5 Å². The van der Waals surface area contributed by atoms with Gasteiger partial charge < -0.3 is 0 Å². The van der Waals surface area contributed by atoms with Gasteiger partial charge in [-0.05, 0) is 18.1 Å². The minimum absolute atomic E-state index is 0.525. The zero-order chi connectivity index (χ0) is 9.84. The fourth-order valence-electron chi connectivity index (χ4n) is 0.930. The molecule has 1 rings (SSSR count). The van der Waals surface area contributed by atoms with Crippen molar-refractivity contribution in [2.75, 3.05) is 0 Å². The van der Waals surface area contributed by atoms with E-state index in [9.17, 15) is 14.5 Å². The van der Waals surface area contributed by atoms with Gasteiger partial charge in [0.1, 0.15) is 0 Å². The molecule has 0 saturated carbocycles. The number of halogens is 1. The summed E-state index contributed by atoms with van der Waals surface area (Å²) in [7, 11) is 0. The number of hydrogen-bond donors (Lipinski definition) is 0. The van der Waals surface area contributed by atoms with Crippen molar-refractivity contribution in [2.45, 2.75) is 6.92 Å². The summed E-state index contributed by atoms with van der Waals surface area (Å²) in [5, 5.41) is 9.98. The summed E-state index contributed by atoms with van der Waals surface area (Å²) in [5.41, 5.74) is 1.33. The Morgan fingerprint density at radius 3 is 2.69 bits per heavy atom. The minimum Gasteiger partial charge on any atom is -0.256 e. The number of aryl methyl sites for hydroxylation is 1. The molecule has 0 bridgehead atoms. The molecule has 0 aliphatic heterocycles. The zero-order valence-corrected chi connectivity index (χ0v) is 7.03. The third-order valence-corrected chi connectivity index (χ3v) is 1.64. The first-order chi connectivity index (χ1) is 6.11. The number of nitro groups is 1. The Kier molecular flexibility index (Phi) is 2.74. The Hall–Kier alpha value is -1.71. The first-order valence-corrected chi connectivity index (χ1v) is 3.68. The highest BCUT2D eigenvalue weighted by atomic mass is 19.1. The number of rotatable bonds is 2. The monoisotopic (exact) mass is 181 g/mol. The van der Waals surface area contributed by atoms with Crippen LogP contribution in [-0.4, -0.2) is 4.92 Å². The Morgan fingerprint density at radius 1 is 1.54 bits per heavy atom. The third-order valence-electron chi connectivity index (χ3n) is 1.64. The molecule has 0 heterocycles. The van der Waals surface area contributed by atoms with E-state index in [0.717, 1.165) is 11.6 Å². The summed E-state index contributed by atoms with van der Waals surface area (Å²) in [6, 6.07) is 6.88. The van der Waals surface area contributed by atoms with E-state index in [-0.39, 0.29) is 0 Å². The van der Waals surface area contributed by atoms with Crippen molar-refractivity contribution < 1.29 is 9.31 Å². The van der Waals surface area contributed by atoms with Crippen LogP contribution in [0.2, 0.25) is 0 Å². The van der Waals surface area contributed by atoms with Gasteiger partial charge in [-0.3, -0.25) is 10.1 Å². The predicted molar refractivity (Wildman–Crippen MR) is 47.3 cm³/mol. The van der Waals surface area contributed by atoms with E-state index in [1.807, 2.05) is 0 Å². The van der Waals surface area contributed by atoms with E-state index < -0.39 is 10.9 Å². The van der Waals surface area contributed by atoms with Gasteiger partial charge in [0.15, 0.2) is 0 Å². The molecule has 0 atom stereocenters. The Labute approximate surface area is 74.7 Å². The van der Waals surface area contributed by atoms with Crippen molar-refractivity contribution in [1.82, 2.24) is 0 Å². The van der Waals surface area contributed by atoms with E-state index in [1.165, 1.54) is 0 Å². The lowest BCUT2D eigenvalue weighted by Gasteiger charge is -1.96. The van der Waals surface area contributed by atoms with Gasteiger partial charge >= 0.3 is 5.95 Å². The van der Waals surface area contributed by atoms with Crippen LogP contribution in [0, 0.1) is 17.0 Å². The maximum atomic E-state index is 12.6. The molecule has 0 aliphatic carbocycles. The minimum atomic E-state index is -1.34. The summed E-state index contributed by atoms with van der Waals surface area (Å²) in [5.74, 6) is -1.34. The van der Waals surface area contributed by atoms with Crippen LogP contribution in [0.15, 0.2) is 30.2 Å². The van der Waals surface area contributed by atoms with Gasteiger partial charge in [-0.2, -0.15) is 0 Å². The SMILES string of the molecule is Cc1ccccc1/C=C(\F)[N+](=O)[O-]. The van der Waals surface area contributed by atoms with Crippen molar-refractivity contribution in [2.24, 2.45) is 0 Å². The van der Waals surface area contributed by atoms with Crippen LogP contribution < -0.4 is 0 Å². The zero-order valence-electron chi connectivity index (χ0n) is 7.03. The molecule has 0 aliphatic rings. The number of hydrogen-bond acceptors (Lipinski definition) is 2. The molecule has 4 heteroatoms. The van der Waals surface area contributed by atoms with E-state index in [1.54, 1.807) is 31.2 Å². The lowest BCUT2D eigenvalue weighted by Crippen LogP contribution is -1.92. The normalized spacial score (nSPS) is 11.4. The molecule has 0 fully saturated rings. The summed E-state index contributed by atoms with van der Waals surface area (Å²) >= 11 is 0. The van der Waals surface area contributed by atoms with Crippen LogP contribution in [0.25, 0.3) is 6.08 Å². The van der Waals surface area contributed by atoms with Gasteiger partial charge in [0, 0.05) is 0 Å². The van der Waals surface area contributed by atoms with Crippen LogP contribution in [0.3, 0.4) is 0 Å². The second kappa shape index (κ2) is 3.80. The number of nitrogens with zero attached hydrogens (tertiary/aromatic N) is 1. The summed E-state index contributed by atoms with van der Waals surface area (Å²) in [6.45, 7) is 1.76. The van der Waals surface area contributed by atoms with Crippen molar-refractivity contribution in [3.8, 4) is 0 Å². The fourth-order valence-corrected chi connectivity index (χ4v) is 0.930. The Morgan fingerprint density at radius 2 is 2.15 bits per heavy atom. The molecule has 13 heavy (non-hydrogen) atoms. The smallest absolute Gasteiger partial charge is 0.256 e. The van der Waals surface area contributed by atoms with Crippen molar-refractivity contribution in [3.63, 3.8) is 0 Å². The molecule has 0 unspecified atom stereocenters. The molecular weight excluding hydrogens is 173 g/mol. The van der Waals surface area contributed by atoms with Crippen LogP contribution >= 0.6 is 0 Å². The number of benzene rings is 1. The second-order valence-corrected chi connectivity index (χ2v) is 2.58. The van der Waals surface area contributed by atoms with Gasteiger partial charge in [-0.1, -0.05) is 24.3 Å². The van der Waals surface area contributed by atoms with Crippen LogP contribution in [-0.2, 0) is 0 Å². The molecule has 0 saturated heterocycles. The average Bonchev–Trinajstić information content (AvgIpc) is 2.08. The highest BCUT2D eigenvalue weighted by molar-refractivity contribution is 5.53. The average molecular weight is 181 g/mol. The van der Waals surface area contributed by atoms with E-state index in [0.29, 0.717) is 5.56 Å². The third kappa shape index (κ3) is 2.37. The summed E-state index contributed by atoms with van der Waals surface area (Å²) < 4.78 is 12.6. The lowest BCUT2D eigenvalue weighted by molar-refractivity contribution is -0.445. The quantitative estimate of drug-likeness (QED) is 0.399. The van der Waals surface area contributed by atoms with Gasteiger partial charge in [0.2, 0.25) is 0 Å². The van der Waals surface area contributed by atoms with Gasteiger partial charge in [0.25, 0.3) is 0 Å². The van der Waals surface area contributed by atoms with Crippen LogP contribution in [0.1, 0.15) is 11.1 Å². The van der Waals surface area contributed by atoms with E-state index in [4.69, 9.17) is 0 Å². The van der Waals surface area contributed by atoms with E-state index in [2.05, 4.69) is 0 Å². The molecule has 1 aromatic rings. The summed E-state index contributed by atoms with van der Waals surface area (Å²) in [4.78, 5) is 8.93. The van der Waals surface area contributed by atoms with Gasteiger partial charge in [-0.25, -0.2) is 0 Å².